The lowest BCUT2D eigenvalue weighted by Gasteiger charge is -2.52. The van der Waals surface area contributed by atoms with E-state index in [0.717, 1.165) is 25.9 Å². The van der Waals surface area contributed by atoms with Crippen LogP contribution in [-0.2, 0) is 4.79 Å². The van der Waals surface area contributed by atoms with Crippen molar-refractivity contribution in [3.63, 3.8) is 0 Å². The van der Waals surface area contributed by atoms with Crippen LogP contribution in [0.3, 0.4) is 0 Å². The van der Waals surface area contributed by atoms with Crippen molar-refractivity contribution in [1.82, 2.24) is 4.90 Å². The lowest BCUT2D eigenvalue weighted by molar-refractivity contribution is -0.150. The minimum atomic E-state index is -0.673. The van der Waals surface area contributed by atoms with Crippen molar-refractivity contribution < 1.29 is 9.90 Å². The van der Waals surface area contributed by atoms with Gasteiger partial charge in [0.15, 0.2) is 0 Å². The Bertz CT molecular complexity index is 203. The largest absolute Gasteiger partial charge is 0.480 e. The van der Waals surface area contributed by atoms with Crippen LogP contribution >= 0.6 is 0 Å². The van der Waals surface area contributed by atoms with Gasteiger partial charge in [-0.25, -0.2) is 0 Å². The van der Waals surface area contributed by atoms with Gasteiger partial charge < -0.3 is 5.11 Å². The van der Waals surface area contributed by atoms with Gasteiger partial charge in [-0.15, -0.1) is 0 Å². The first-order chi connectivity index (χ1) is 6.58. The second-order valence-corrected chi connectivity index (χ2v) is 4.37. The molecule has 1 unspecified atom stereocenters. The van der Waals surface area contributed by atoms with Crippen LogP contribution in [0.15, 0.2) is 0 Å². The summed E-state index contributed by atoms with van der Waals surface area (Å²) in [5.74, 6) is -0.673. The molecule has 0 aromatic carbocycles. The molecule has 0 aromatic heterocycles. The molecule has 1 atom stereocenters. The second kappa shape index (κ2) is 4.30. The number of hydrogen-bond acceptors (Lipinski definition) is 2. The van der Waals surface area contributed by atoms with Crippen LogP contribution in [0.25, 0.3) is 0 Å². The van der Waals surface area contributed by atoms with Crippen LogP contribution < -0.4 is 0 Å². The van der Waals surface area contributed by atoms with Gasteiger partial charge in [-0.1, -0.05) is 20.8 Å². The molecule has 1 fully saturated rings. The number of carbonyl (C=O) groups is 1. The van der Waals surface area contributed by atoms with Crippen LogP contribution in [0.4, 0.5) is 0 Å². The fourth-order valence-corrected chi connectivity index (χ4v) is 2.32. The third-order valence-electron chi connectivity index (χ3n) is 3.69. The van der Waals surface area contributed by atoms with Gasteiger partial charge in [-0.3, -0.25) is 9.69 Å². The summed E-state index contributed by atoms with van der Waals surface area (Å²) in [7, 11) is 0. The molecule has 1 saturated heterocycles. The van der Waals surface area contributed by atoms with E-state index in [1.165, 1.54) is 0 Å². The maximum Gasteiger partial charge on any atom is 0.320 e. The zero-order valence-corrected chi connectivity index (χ0v) is 9.42. The zero-order chi connectivity index (χ0) is 10.8. The number of aliphatic carboxylic acids is 1. The number of carboxylic acid groups (broad SMARTS) is 1. The van der Waals surface area contributed by atoms with Gasteiger partial charge in [-0.2, -0.15) is 0 Å². The van der Waals surface area contributed by atoms with E-state index in [1.807, 2.05) is 6.92 Å². The van der Waals surface area contributed by atoms with Gasteiger partial charge in [0.1, 0.15) is 6.04 Å². The van der Waals surface area contributed by atoms with Crippen molar-refractivity contribution in [3.8, 4) is 0 Å². The van der Waals surface area contributed by atoms with E-state index >= 15 is 0 Å². The highest BCUT2D eigenvalue weighted by molar-refractivity contribution is 5.73. The van der Waals surface area contributed by atoms with Gasteiger partial charge in [0.05, 0.1) is 0 Å². The summed E-state index contributed by atoms with van der Waals surface area (Å²) in [5, 5.41) is 8.98. The lowest BCUT2D eigenvalue weighted by Crippen LogP contribution is -2.61. The average molecular weight is 199 g/mol. The highest BCUT2D eigenvalue weighted by atomic mass is 16.4. The smallest absolute Gasteiger partial charge is 0.320 e. The third kappa shape index (κ3) is 1.92. The molecule has 14 heavy (non-hydrogen) atoms. The van der Waals surface area contributed by atoms with E-state index in [2.05, 4.69) is 18.7 Å². The maximum absolute atomic E-state index is 10.9. The van der Waals surface area contributed by atoms with Crippen molar-refractivity contribution in [2.75, 3.05) is 13.1 Å². The number of nitrogens with zero attached hydrogens (tertiary/aromatic N) is 1. The molecule has 0 aromatic rings. The number of carboxylic acids is 1. The highest BCUT2D eigenvalue weighted by Gasteiger charge is 2.44. The molecular formula is C11H21NO2. The van der Waals surface area contributed by atoms with E-state index in [4.69, 9.17) is 5.11 Å². The van der Waals surface area contributed by atoms with Crippen molar-refractivity contribution in [3.05, 3.63) is 0 Å². The first-order valence-corrected chi connectivity index (χ1v) is 5.55. The molecule has 1 rings (SSSR count). The Balaban J connectivity index is 2.49. The monoisotopic (exact) mass is 199 g/mol. The van der Waals surface area contributed by atoms with Gasteiger partial charge in [-0.05, 0) is 24.7 Å². The minimum absolute atomic E-state index is 0.263. The molecule has 0 spiro atoms. The molecule has 3 nitrogen and oxygen atoms in total. The van der Waals surface area contributed by atoms with E-state index in [0.29, 0.717) is 11.8 Å². The quantitative estimate of drug-likeness (QED) is 0.736. The molecule has 82 valence electrons. The topological polar surface area (TPSA) is 40.5 Å². The van der Waals surface area contributed by atoms with Crippen LogP contribution in [0.5, 0.6) is 0 Å². The predicted octanol–water partition coefficient (Wildman–Crippen LogP) is 1.97. The average Bonchev–Trinajstić information content (AvgIpc) is 2.10. The fraction of sp³-hybridized carbons (Fsp3) is 0.909. The normalized spacial score (nSPS) is 22.8. The van der Waals surface area contributed by atoms with E-state index < -0.39 is 5.97 Å². The van der Waals surface area contributed by atoms with Crippen LogP contribution in [0.1, 0.15) is 40.0 Å². The van der Waals surface area contributed by atoms with Gasteiger partial charge in [0.25, 0.3) is 0 Å². The summed E-state index contributed by atoms with van der Waals surface area (Å²) in [6.45, 7) is 8.26. The third-order valence-corrected chi connectivity index (χ3v) is 3.69. The van der Waals surface area contributed by atoms with Crippen molar-refractivity contribution in [2.24, 2.45) is 5.41 Å². The van der Waals surface area contributed by atoms with Crippen LogP contribution in [-0.4, -0.2) is 35.1 Å². The van der Waals surface area contributed by atoms with Gasteiger partial charge >= 0.3 is 5.97 Å². The number of hydrogen-bond donors (Lipinski definition) is 1. The zero-order valence-electron chi connectivity index (χ0n) is 9.42. The molecule has 1 aliphatic heterocycles. The first-order valence-electron chi connectivity index (χ1n) is 5.55. The summed E-state index contributed by atoms with van der Waals surface area (Å²) < 4.78 is 0. The van der Waals surface area contributed by atoms with Gasteiger partial charge in [0.2, 0.25) is 0 Å². The predicted molar refractivity (Wildman–Crippen MR) is 56.3 cm³/mol. The Morgan fingerprint density at radius 3 is 2.14 bits per heavy atom. The van der Waals surface area contributed by atoms with Crippen molar-refractivity contribution in [2.45, 2.75) is 46.1 Å². The SMILES string of the molecule is CCC(C(=O)O)N1CC(CC)(CC)C1. The van der Waals surface area contributed by atoms with E-state index in [-0.39, 0.29) is 6.04 Å². The number of likely N-dealkylation sites (tertiary alicyclic amines) is 1. The molecule has 3 heteroatoms. The van der Waals surface area contributed by atoms with Crippen LogP contribution in [0.2, 0.25) is 0 Å². The summed E-state index contributed by atoms with van der Waals surface area (Å²) in [4.78, 5) is 13.0. The van der Waals surface area contributed by atoms with E-state index in [1.54, 1.807) is 0 Å². The van der Waals surface area contributed by atoms with E-state index in [9.17, 15) is 4.79 Å². The molecule has 0 saturated carbocycles. The molecule has 0 aliphatic carbocycles. The summed E-state index contributed by atoms with van der Waals surface area (Å²) in [6.07, 6.45) is 3.03. The molecule has 1 N–H and O–H groups in total. The van der Waals surface area contributed by atoms with Crippen molar-refractivity contribution in [1.29, 1.82) is 0 Å². The molecule has 0 amide bonds. The first kappa shape index (κ1) is 11.5. The summed E-state index contributed by atoms with van der Waals surface area (Å²) in [6, 6.07) is -0.263. The standard InChI is InChI=1S/C11H21NO2/c1-4-9(10(13)14)12-7-11(5-2,6-3)8-12/h9H,4-8H2,1-3H3,(H,13,14). The number of rotatable bonds is 5. The second-order valence-electron chi connectivity index (χ2n) is 4.37. The Morgan fingerprint density at radius 2 is 1.86 bits per heavy atom. The summed E-state index contributed by atoms with van der Waals surface area (Å²) in [5.41, 5.74) is 0.406. The molecular weight excluding hydrogens is 178 g/mol. The van der Waals surface area contributed by atoms with Crippen molar-refractivity contribution >= 4 is 5.97 Å². The fourth-order valence-electron chi connectivity index (χ4n) is 2.32. The van der Waals surface area contributed by atoms with Gasteiger partial charge in [0, 0.05) is 13.1 Å². The molecule has 1 aliphatic rings. The lowest BCUT2D eigenvalue weighted by atomic mass is 9.74. The molecule has 0 radical (unpaired) electrons. The molecule has 1 heterocycles. The molecule has 0 bridgehead atoms. The van der Waals surface area contributed by atoms with Crippen LogP contribution in [0, 0.1) is 5.41 Å². The Labute approximate surface area is 86.1 Å². The summed E-state index contributed by atoms with van der Waals surface area (Å²) >= 11 is 0. The Morgan fingerprint density at radius 1 is 1.36 bits per heavy atom. The maximum atomic E-state index is 10.9. The highest BCUT2D eigenvalue weighted by Crippen LogP contribution is 2.38. The minimum Gasteiger partial charge on any atom is -0.480 e. The Kier molecular flexibility index (Phi) is 3.53. The Hall–Kier alpha value is -0.570.